The largest absolute Gasteiger partial charge is 0.393 e. The topological polar surface area (TPSA) is 26.7 Å². The van der Waals surface area contributed by atoms with Crippen molar-refractivity contribution in [3.05, 3.63) is 0 Å². The van der Waals surface area contributed by atoms with E-state index in [9.17, 15) is 5.11 Å². The average molecular weight is 240 g/mol. The number of aliphatic hydroxyl groups is 1. The highest BCUT2D eigenvalue weighted by Gasteiger charge is 2.34. The van der Waals surface area contributed by atoms with E-state index in [0.29, 0.717) is 12.1 Å². The van der Waals surface area contributed by atoms with Gasteiger partial charge in [0.2, 0.25) is 0 Å². The number of fused-ring (bicyclic) bond motifs is 1. The van der Waals surface area contributed by atoms with Crippen molar-refractivity contribution in [2.75, 3.05) is 19.6 Å². The predicted molar refractivity (Wildman–Crippen MR) is 71.1 cm³/mol. The SMILES string of the molecule is CC(O)CC(C)N1CC2CCCCN2CC1C. The standard InChI is InChI=1S/C14H28N2O/c1-11(8-13(3)17)16-10-14-6-4-5-7-15(14)9-12(16)2/h11-14,17H,4-10H2,1-3H3. The van der Waals surface area contributed by atoms with Crippen molar-refractivity contribution >= 4 is 0 Å². The third-order valence-corrected chi connectivity index (χ3v) is 4.48. The lowest BCUT2D eigenvalue weighted by Crippen LogP contribution is -2.60. The molecule has 2 fully saturated rings. The normalized spacial score (nSPS) is 35.3. The van der Waals surface area contributed by atoms with Crippen LogP contribution in [-0.4, -0.2) is 58.8 Å². The summed E-state index contributed by atoms with van der Waals surface area (Å²) in [6, 6.07) is 1.92. The molecule has 0 bridgehead atoms. The van der Waals surface area contributed by atoms with Gasteiger partial charge in [0.15, 0.2) is 0 Å². The molecule has 17 heavy (non-hydrogen) atoms. The summed E-state index contributed by atoms with van der Waals surface area (Å²) in [6.45, 7) is 10.2. The molecular weight excluding hydrogens is 212 g/mol. The summed E-state index contributed by atoms with van der Waals surface area (Å²) in [5, 5.41) is 9.54. The third-order valence-electron chi connectivity index (χ3n) is 4.48. The monoisotopic (exact) mass is 240 g/mol. The summed E-state index contributed by atoms with van der Waals surface area (Å²) < 4.78 is 0. The Balaban J connectivity index is 1.94. The summed E-state index contributed by atoms with van der Waals surface area (Å²) in [7, 11) is 0. The predicted octanol–water partition coefficient (Wildman–Crippen LogP) is 1.70. The second kappa shape index (κ2) is 5.68. The highest BCUT2D eigenvalue weighted by molar-refractivity contribution is 4.91. The number of piperazine rings is 1. The van der Waals surface area contributed by atoms with Gasteiger partial charge in [0.25, 0.3) is 0 Å². The number of nitrogens with zero attached hydrogens (tertiary/aromatic N) is 2. The van der Waals surface area contributed by atoms with E-state index in [1.54, 1.807) is 0 Å². The first-order valence-electron chi connectivity index (χ1n) is 7.25. The van der Waals surface area contributed by atoms with Crippen molar-refractivity contribution in [2.45, 2.75) is 70.7 Å². The van der Waals surface area contributed by atoms with Gasteiger partial charge < -0.3 is 5.11 Å². The maximum atomic E-state index is 9.54. The first-order chi connectivity index (χ1) is 8.08. The molecular formula is C14H28N2O. The summed E-state index contributed by atoms with van der Waals surface area (Å²) in [5.41, 5.74) is 0. The van der Waals surface area contributed by atoms with Crippen LogP contribution in [-0.2, 0) is 0 Å². The fraction of sp³-hybridized carbons (Fsp3) is 1.00. The van der Waals surface area contributed by atoms with E-state index in [4.69, 9.17) is 0 Å². The van der Waals surface area contributed by atoms with Crippen molar-refractivity contribution in [3.63, 3.8) is 0 Å². The zero-order chi connectivity index (χ0) is 12.4. The van der Waals surface area contributed by atoms with E-state index < -0.39 is 0 Å². The Morgan fingerprint density at radius 1 is 1.24 bits per heavy atom. The van der Waals surface area contributed by atoms with Crippen LogP contribution in [0.15, 0.2) is 0 Å². The molecule has 4 atom stereocenters. The first kappa shape index (κ1) is 13.3. The van der Waals surface area contributed by atoms with E-state index in [2.05, 4.69) is 23.6 Å². The fourth-order valence-electron chi connectivity index (χ4n) is 3.62. The minimum absolute atomic E-state index is 0.179. The number of hydrogen-bond donors (Lipinski definition) is 1. The van der Waals surface area contributed by atoms with Crippen molar-refractivity contribution in [2.24, 2.45) is 0 Å². The number of aliphatic hydroxyl groups excluding tert-OH is 1. The Hall–Kier alpha value is -0.120. The molecule has 0 saturated carbocycles. The molecule has 3 nitrogen and oxygen atoms in total. The molecule has 0 aromatic carbocycles. The van der Waals surface area contributed by atoms with Gasteiger partial charge in [-0.1, -0.05) is 6.42 Å². The molecule has 100 valence electrons. The average Bonchev–Trinajstić information content (AvgIpc) is 2.27. The molecule has 0 aromatic rings. The molecule has 2 heterocycles. The van der Waals surface area contributed by atoms with E-state index in [1.165, 1.54) is 38.9 Å². The molecule has 2 rings (SSSR count). The minimum Gasteiger partial charge on any atom is -0.393 e. The van der Waals surface area contributed by atoms with Gasteiger partial charge in [0.1, 0.15) is 0 Å². The molecule has 1 N–H and O–H groups in total. The fourth-order valence-corrected chi connectivity index (χ4v) is 3.62. The smallest absolute Gasteiger partial charge is 0.0526 e. The van der Waals surface area contributed by atoms with Crippen molar-refractivity contribution < 1.29 is 5.11 Å². The minimum atomic E-state index is -0.179. The Morgan fingerprint density at radius 2 is 2.00 bits per heavy atom. The molecule has 3 heteroatoms. The van der Waals surface area contributed by atoms with Gasteiger partial charge in [-0.05, 0) is 46.6 Å². The van der Waals surface area contributed by atoms with E-state index in [-0.39, 0.29) is 6.10 Å². The lowest BCUT2D eigenvalue weighted by molar-refractivity contribution is -0.0136. The number of rotatable bonds is 3. The molecule has 2 aliphatic heterocycles. The van der Waals surface area contributed by atoms with Crippen LogP contribution in [0.5, 0.6) is 0 Å². The second-order valence-electron chi connectivity index (χ2n) is 6.12. The Labute approximate surface area is 106 Å². The van der Waals surface area contributed by atoms with E-state index in [0.717, 1.165) is 12.5 Å². The molecule has 0 aliphatic carbocycles. The quantitative estimate of drug-likeness (QED) is 0.813. The Morgan fingerprint density at radius 3 is 2.71 bits per heavy atom. The van der Waals surface area contributed by atoms with Gasteiger partial charge in [0.05, 0.1) is 6.10 Å². The van der Waals surface area contributed by atoms with Crippen LogP contribution in [0.4, 0.5) is 0 Å². The highest BCUT2D eigenvalue weighted by Crippen LogP contribution is 2.26. The summed E-state index contributed by atoms with van der Waals surface area (Å²) >= 11 is 0. The zero-order valence-electron chi connectivity index (χ0n) is 11.6. The maximum absolute atomic E-state index is 9.54. The molecule has 4 unspecified atom stereocenters. The lowest BCUT2D eigenvalue weighted by Gasteiger charge is -2.49. The third kappa shape index (κ3) is 3.21. The molecule has 0 radical (unpaired) electrons. The Bertz CT molecular complexity index is 244. The summed E-state index contributed by atoms with van der Waals surface area (Å²) in [5.74, 6) is 0. The number of piperidine rings is 1. The molecule has 0 aromatic heterocycles. The van der Waals surface area contributed by atoms with Crippen LogP contribution >= 0.6 is 0 Å². The van der Waals surface area contributed by atoms with Crippen LogP contribution in [0.3, 0.4) is 0 Å². The number of hydrogen-bond acceptors (Lipinski definition) is 3. The maximum Gasteiger partial charge on any atom is 0.0526 e. The van der Waals surface area contributed by atoms with Gasteiger partial charge in [-0.2, -0.15) is 0 Å². The van der Waals surface area contributed by atoms with Gasteiger partial charge in [-0.3, -0.25) is 9.80 Å². The molecule has 2 aliphatic rings. The van der Waals surface area contributed by atoms with Gasteiger partial charge in [-0.15, -0.1) is 0 Å². The van der Waals surface area contributed by atoms with Crippen LogP contribution in [0.25, 0.3) is 0 Å². The summed E-state index contributed by atoms with van der Waals surface area (Å²) in [4.78, 5) is 5.29. The molecule has 2 saturated heterocycles. The molecule has 0 spiro atoms. The van der Waals surface area contributed by atoms with Crippen molar-refractivity contribution in [1.29, 1.82) is 0 Å². The highest BCUT2D eigenvalue weighted by atomic mass is 16.3. The van der Waals surface area contributed by atoms with Crippen molar-refractivity contribution in [1.82, 2.24) is 9.80 Å². The molecule has 0 amide bonds. The lowest BCUT2D eigenvalue weighted by atomic mass is 9.95. The van der Waals surface area contributed by atoms with E-state index in [1.807, 2.05) is 6.92 Å². The van der Waals surface area contributed by atoms with Crippen molar-refractivity contribution in [3.8, 4) is 0 Å². The first-order valence-corrected chi connectivity index (χ1v) is 7.25. The van der Waals surface area contributed by atoms with E-state index >= 15 is 0 Å². The van der Waals surface area contributed by atoms with Crippen LogP contribution < -0.4 is 0 Å². The summed E-state index contributed by atoms with van der Waals surface area (Å²) in [6.07, 6.45) is 4.86. The zero-order valence-corrected chi connectivity index (χ0v) is 11.6. The second-order valence-corrected chi connectivity index (χ2v) is 6.12. The van der Waals surface area contributed by atoms with Gasteiger partial charge >= 0.3 is 0 Å². The van der Waals surface area contributed by atoms with Gasteiger partial charge in [0, 0.05) is 31.2 Å². The van der Waals surface area contributed by atoms with Crippen LogP contribution in [0.2, 0.25) is 0 Å². The van der Waals surface area contributed by atoms with Crippen LogP contribution in [0.1, 0.15) is 46.5 Å². The Kier molecular flexibility index (Phi) is 4.45. The van der Waals surface area contributed by atoms with Crippen LogP contribution in [0, 0.1) is 0 Å². The van der Waals surface area contributed by atoms with Gasteiger partial charge in [-0.25, -0.2) is 0 Å².